The lowest BCUT2D eigenvalue weighted by molar-refractivity contribution is -0.115. The average Bonchev–Trinajstić information content (AvgIpc) is 3.43. The first-order chi connectivity index (χ1) is 10.6. The van der Waals surface area contributed by atoms with E-state index >= 15 is 0 Å². The molecule has 0 radical (unpaired) electrons. The van der Waals surface area contributed by atoms with Crippen molar-refractivity contribution in [3.8, 4) is 0 Å². The largest absolute Gasteiger partial charge is 0.353 e. The normalized spacial score (nSPS) is 28.9. The van der Waals surface area contributed by atoms with Crippen molar-refractivity contribution in [3.05, 3.63) is 23.8 Å². The SMILES string of the molecule is C=C(C(=O)CNCC1=CC1)C(C)N[C@H]1OC1C1CCCCC1. The summed E-state index contributed by atoms with van der Waals surface area (Å²) in [6.45, 7) is 7.17. The molecule has 3 rings (SSSR count). The third kappa shape index (κ3) is 4.28. The van der Waals surface area contributed by atoms with Crippen LogP contribution in [-0.4, -0.2) is 37.2 Å². The maximum absolute atomic E-state index is 12.1. The number of hydrogen-bond acceptors (Lipinski definition) is 4. The number of carbonyl (C=O) groups is 1. The van der Waals surface area contributed by atoms with Gasteiger partial charge in [0.05, 0.1) is 6.54 Å². The van der Waals surface area contributed by atoms with Crippen LogP contribution in [0.25, 0.3) is 0 Å². The number of ether oxygens (including phenoxy) is 1. The van der Waals surface area contributed by atoms with Gasteiger partial charge in [-0.3, -0.25) is 10.1 Å². The molecule has 2 unspecified atom stereocenters. The third-order valence-electron chi connectivity index (χ3n) is 5.07. The van der Waals surface area contributed by atoms with Gasteiger partial charge in [0.2, 0.25) is 0 Å². The summed E-state index contributed by atoms with van der Waals surface area (Å²) >= 11 is 0. The van der Waals surface area contributed by atoms with Gasteiger partial charge in [-0.15, -0.1) is 0 Å². The molecule has 0 amide bonds. The molecule has 0 aromatic heterocycles. The first kappa shape index (κ1) is 15.9. The van der Waals surface area contributed by atoms with Crippen LogP contribution in [0.15, 0.2) is 23.8 Å². The van der Waals surface area contributed by atoms with E-state index in [2.05, 4.69) is 23.3 Å². The summed E-state index contributed by atoms with van der Waals surface area (Å²) in [5.74, 6) is 0.798. The lowest BCUT2D eigenvalue weighted by atomic mass is 9.86. The van der Waals surface area contributed by atoms with E-state index in [4.69, 9.17) is 4.74 Å². The summed E-state index contributed by atoms with van der Waals surface area (Å²) in [6.07, 6.45) is 10.4. The Morgan fingerprint density at radius 3 is 2.82 bits per heavy atom. The Morgan fingerprint density at radius 2 is 2.14 bits per heavy atom. The van der Waals surface area contributed by atoms with Gasteiger partial charge in [-0.2, -0.15) is 0 Å². The fraction of sp³-hybridized carbons (Fsp3) is 0.722. The summed E-state index contributed by atoms with van der Waals surface area (Å²) in [7, 11) is 0. The summed E-state index contributed by atoms with van der Waals surface area (Å²) in [6, 6.07) is -0.0203. The molecule has 3 atom stereocenters. The van der Waals surface area contributed by atoms with Crippen LogP contribution in [0.2, 0.25) is 0 Å². The molecule has 2 aliphatic carbocycles. The van der Waals surface area contributed by atoms with Crippen LogP contribution in [0, 0.1) is 5.92 Å². The Hall–Kier alpha value is -0.970. The van der Waals surface area contributed by atoms with Gasteiger partial charge >= 0.3 is 0 Å². The van der Waals surface area contributed by atoms with Gasteiger partial charge in [0.1, 0.15) is 12.3 Å². The average molecular weight is 304 g/mol. The molecule has 3 aliphatic rings. The van der Waals surface area contributed by atoms with Gasteiger partial charge in [-0.25, -0.2) is 0 Å². The summed E-state index contributed by atoms with van der Waals surface area (Å²) in [5, 5.41) is 6.59. The van der Waals surface area contributed by atoms with Gasteiger partial charge in [-0.1, -0.05) is 37.5 Å². The van der Waals surface area contributed by atoms with Crippen LogP contribution in [0.1, 0.15) is 45.4 Å². The zero-order chi connectivity index (χ0) is 15.5. The fourth-order valence-electron chi connectivity index (χ4n) is 3.33. The van der Waals surface area contributed by atoms with E-state index in [9.17, 15) is 4.79 Å². The number of Topliss-reactive ketones (excluding diaryl/α,β-unsaturated/α-hetero) is 1. The zero-order valence-corrected chi connectivity index (χ0v) is 13.6. The Kier molecular flexibility index (Phi) is 5.11. The molecule has 1 heterocycles. The highest BCUT2D eigenvalue weighted by Crippen LogP contribution is 2.37. The van der Waals surface area contributed by atoms with Gasteiger partial charge in [0.25, 0.3) is 0 Å². The van der Waals surface area contributed by atoms with E-state index in [1.807, 2.05) is 6.92 Å². The summed E-state index contributed by atoms with van der Waals surface area (Å²) in [4.78, 5) is 12.1. The molecule has 2 N–H and O–H groups in total. The molecule has 122 valence electrons. The molecule has 1 saturated carbocycles. The maximum atomic E-state index is 12.1. The van der Waals surface area contributed by atoms with Crippen molar-refractivity contribution in [2.24, 2.45) is 5.92 Å². The lowest BCUT2D eigenvalue weighted by Crippen LogP contribution is -2.37. The first-order valence-electron chi connectivity index (χ1n) is 8.67. The smallest absolute Gasteiger partial charge is 0.173 e. The van der Waals surface area contributed by atoms with Crippen molar-refractivity contribution in [2.45, 2.75) is 63.8 Å². The van der Waals surface area contributed by atoms with Crippen LogP contribution in [0.5, 0.6) is 0 Å². The Balaban J connectivity index is 1.35. The van der Waals surface area contributed by atoms with Gasteiger partial charge in [0, 0.05) is 18.2 Å². The number of allylic oxidation sites excluding steroid dienone is 1. The molecule has 0 spiro atoms. The van der Waals surface area contributed by atoms with Crippen LogP contribution in [0.4, 0.5) is 0 Å². The van der Waals surface area contributed by atoms with Crippen molar-refractivity contribution in [1.29, 1.82) is 0 Å². The van der Waals surface area contributed by atoms with Crippen molar-refractivity contribution in [2.75, 3.05) is 13.1 Å². The van der Waals surface area contributed by atoms with Crippen molar-refractivity contribution in [1.82, 2.24) is 10.6 Å². The minimum Gasteiger partial charge on any atom is -0.353 e. The Morgan fingerprint density at radius 1 is 1.41 bits per heavy atom. The summed E-state index contributed by atoms with van der Waals surface area (Å²) in [5.41, 5.74) is 2.04. The number of hydrogen-bond donors (Lipinski definition) is 2. The minimum absolute atomic E-state index is 0.0203. The number of ketones is 1. The Labute approximate surface area is 133 Å². The monoisotopic (exact) mass is 304 g/mol. The predicted molar refractivity (Wildman–Crippen MR) is 87.6 cm³/mol. The van der Waals surface area contributed by atoms with E-state index in [0.717, 1.165) is 13.0 Å². The van der Waals surface area contributed by atoms with Crippen LogP contribution < -0.4 is 10.6 Å². The van der Waals surface area contributed by atoms with E-state index in [1.54, 1.807) is 0 Å². The maximum Gasteiger partial charge on any atom is 0.173 e. The first-order valence-corrected chi connectivity index (χ1v) is 8.67. The molecule has 1 aliphatic heterocycles. The molecule has 4 nitrogen and oxygen atoms in total. The predicted octanol–water partition coefficient (Wildman–Crippen LogP) is 2.31. The highest BCUT2D eigenvalue weighted by molar-refractivity contribution is 5.97. The van der Waals surface area contributed by atoms with Gasteiger partial charge in [-0.05, 0) is 32.1 Å². The summed E-state index contributed by atoms with van der Waals surface area (Å²) < 4.78 is 5.79. The second-order valence-corrected chi connectivity index (χ2v) is 6.93. The van der Waals surface area contributed by atoms with Crippen LogP contribution >= 0.6 is 0 Å². The molecular weight excluding hydrogens is 276 g/mol. The highest BCUT2D eigenvalue weighted by Gasteiger charge is 2.45. The van der Waals surface area contributed by atoms with E-state index in [-0.39, 0.29) is 18.1 Å². The second-order valence-electron chi connectivity index (χ2n) is 6.93. The molecule has 0 aromatic carbocycles. The molecule has 0 aromatic rings. The zero-order valence-electron chi connectivity index (χ0n) is 13.6. The Bertz CT molecular complexity index is 466. The number of rotatable bonds is 9. The number of nitrogens with one attached hydrogen (secondary N) is 2. The highest BCUT2D eigenvalue weighted by atomic mass is 16.6. The quantitative estimate of drug-likeness (QED) is 0.390. The molecular formula is C18H28N2O2. The third-order valence-corrected chi connectivity index (χ3v) is 5.07. The topological polar surface area (TPSA) is 53.7 Å². The number of epoxide rings is 1. The van der Waals surface area contributed by atoms with Crippen LogP contribution in [-0.2, 0) is 9.53 Å². The van der Waals surface area contributed by atoms with E-state index in [0.29, 0.717) is 24.1 Å². The molecule has 22 heavy (non-hydrogen) atoms. The van der Waals surface area contributed by atoms with Crippen molar-refractivity contribution < 1.29 is 9.53 Å². The lowest BCUT2D eigenvalue weighted by Gasteiger charge is -2.20. The second kappa shape index (κ2) is 7.07. The van der Waals surface area contributed by atoms with Crippen LogP contribution in [0.3, 0.4) is 0 Å². The molecule has 1 saturated heterocycles. The minimum atomic E-state index is -0.0203. The van der Waals surface area contributed by atoms with Crippen molar-refractivity contribution >= 4 is 5.78 Å². The molecule has 2 fully saturated rings. The fourth-order valence-corrected chi connectivity index (χ4v) is 3.33. The van der Waals surface area contributed by atoms with E-state index in [1.165, 1.54) is 37.7 Å². The standard InChI is InChI=1S/C18H28N2O2/c1-12(16(21)11-19-10-14-8-9-14)13(2)20-18-17(22-18)15-6-4-3-5-7-15/h8,13,15,17-20H,1,3-7,9-11H2,2H3/t13?,17?,18-/m0/s1. The molecule has 0 bridgehead atoms. The van der Waals surface area contributed by atoms with Gasteiger partial charge < -0.3 is 10.1 Å². The van der Waals surface area contributed by atoms with Gasteiger partial charge in [0.15, 0.2) is 5.78 Å². The molecule has 4 heteroatoms. The van der Waals surface area contributed by atoms with Crippen molar-refractivity contribution in [3.63, 3.8) is 0 Å². The van der Waals surface area contributed by atoms with E-state index < -0.39 is 0 Å². The number of carbonyl (C=O) groups excluding carboxylic acids is 1.